The van der Waals surface area contributed by atoms with Gasteiger partial charge in [0.05, 0.1) is 10.7 Å². The van der Waals surface area contributed by atoms with Gasteiger partial charge in [-0.1, -0.05) is 11.6 Å². The van der Waals surface area contributed by atoms with E-state index in [2.05, 4.69) is 33.3 Å². The number of fused-ring (bicyclic) bond motifs is 1. The zero-order chi connectivity index (χ0) is 23.0. The molecule has 5 heterocycles. The smallest absolute Gasteiger partial charge is 0.138 e. The fraction of sp³-hybridized carbons (Fsp3) is 0.500. The number of aromatic nitrogens is 3. The number of anilines is 1. The first-order valence-electron chi connectivity index (χ1n) is 11.7. The number of likely N-dealkylation sites (tertiary alicyclic amines) is 1. The van der Waals surface area contributed by atoms with E-state index in [0.717, 1.165) is 73.4 Å². The van der Waals surface area contributed by atoms with E-state index in [0.29, 0.717) is 28.4 Å². The van der Waals surface area contributed by atoms with Gasteiger partial charge in [-0.2, -0.15) is 10.6 Å². The summed E-state index contributed by atoms with van der Waals surface area (Å²) in [5, 5.41) is 5.10. The van der Waals surface area contributed by atoms with Crippen LogP contribution in [0.1, 0.15) is 37.3 Å². The van der Waals surface area contributed by atoms with Gasteiger partial charge >= 0.3 is 0 Å². The molecule has 0 saturated carbocycles. The molecule has 0 unspecified atom stereocenters. The van der Waals surface area contributed by atoms with Crippen molar-refractivity contribution in [2.24, 2.45) is 5.92 Å². The van der Waals surface area contributed by atoms with Crippen molar-refractivity contribution in [1.29, 1.82) is 0 Å². The molecule has 2 aliphatic rings. The first-order chi connectivity index (χ1) is 15.9. The van der Waals surface area contributed by atoms with Crippen LogP contribution in [-0.2, 0) is 0 Å². The third-order valence-electron chi connectivity index (χ3n) is 7.09. The van der Waals surface area contributed by atoms with Gasteiger partial charge in [-0.3, -0.25) is 9.11 Å². The SMILES string of the molecule is CN1CCC(c2cc3c(-c4nc(NCC5CCS(O)(O)CC5)ccc4Cl)ccnc3[nH]2)CC1. The van der Waals surface area contributed by atoms with Crippen LogP contribution >= 0.6 is 22.2 Å². The van der Waals surface area contributed by atoms with E-state index in [1.807, 2.05) is 24.4 Å². The van der Waals surface area contributed by atoms with Crippen LogP contribution in [0.2, 0.25) is 5.02 Å². The van der Waals surface area contributed by atoms with Crippen LogP contribution in [0.3, 0.4) is 0 Å². The molecule has 4 N–H and O–H groups in total. The van der Waals surface area contributed by atoms with Crippen LogP contribution in [-0.4, -0.2) is 67.1 Å². The lowest BCUT2D eigenvalue weighted by molar-refractivity contribution is 0.254. The summed E-state index contributed by atoms with van der Waals surface area (Å²) >= 11 is 6.60. The first kappa shape index (κ1) is 22.9. The predicted octanol–water partition coefficient (Wildman–Crippen LogP) is 5.66. The fourth-order valence-corrected chi connectivity index (χ4v) is 6.77. The molecule has 0 aliphatic carbocycles. The lowest BCUT2D eigenvalue weighted by Gasteiger charge is -2.39. The van der Waals surface area contributed by atoms with Gasteiger partial charge in [0.25, 0.3) is 0 Å². The molecule has 3 aromatic rings. The molecule has 2 saturated heterocycles. The highest BCUT2D eigenvalue weighted by Crippen LogP contribution is 2.45. The van der Waals surface area contributed by atoms with Crippen LogP contribution in [0, 0.1) is 5.92 Å². The second-order valence-corrected chi connectivity index (χ2v) is 12.3. The monoisotopic (exact) mass is 489 g/mol. The zero-order valence-electron chi connectivity index (χ0n) is 18.9. The Hall–Kier alpha value is -1.84. The average Bonchev–Trinajstić information content (AvgIpc) is 3.24. The van der Waals surface area contributed by atoms with E-state index >= 15 is 0 Å². The van der Waals surface area contributed by atoms with Gasteiger partial charge in [-0.25, -0.2) is 9.97 Å². The highest BCUT2D eigenvalue weighted by Gasteiger charge is 2.24. The number of aromatic amines is 1. The number of hydrogen-bond acceptors (Lipinski definition) is 6. The molecule has 0 spiro atoms. The summed E-state index contributed by atoms with van der Waals surface area (Å²) in [6.45, 7) is 2.99. The minimum atomic E-state index is -2.35. The molecular weight excluding hydrogens is 458 g/mol. The molecule has 178 valence electrons. The Morgan fingerprint density at radius 2 is 1.91 bits per heavy atom. The molecule has 0 atom stereocenters. The molecule has 2 aliphatic heterocycles. The normalized spacial score (nSPS) is 21.3. The Morgan fingerprint density at radius 3 is 2.67 bits per heavy atom. The lowest BCUT2D eigenvalue weighted by atomic mass is 9.93. The maximum absolute atomic E-state index is 9.84. The van der Waals surface area contributed by atoms with E-state index in [-0.39, 0.29) is 0 Å². The molecule has 2 fully saturated rings. The molecule has 0 bridgehead atoms. The highest BCUT2D eigenvalue weighted by atomic mass is 35.5. The van der Waals surface area contributed by atoms with Gasteiger partial charge in [-0.05, 0) is 76.0 Å². The van der Waals surface area contributed by atoms with Crippen molar-refractivity contribution >= 4 is 39.0 Å². The molecule has 0 aromatic carbocycles. The molecule has 0 radical (unpaired) electrons. The second-order valence-electron chi connectivity index (χ2n) is 9.48. The van der Waals surface area contributed by atoms with Crippen LogP contribution in [0.5, 0.6) is 0 Å². The van der Waals surface area contributed by atoms with Gasteiger partial charge in [-0.15, -0.1) is 0 Å². The zero-order valence-corrected chi connectivity index (χ0v) is 20.5. The largest absolute Gasteiger partial charge is 0.370 e. The van der Waals surface area contributed by atoms with Crippen molar-refractivity contribution in [3.63, 3.8) is 0 Å². The lowest BCUT2D eigenvalue weighted by Crippen LogP contribution is -2.29. The number of rotatable bonds is 5. The summed E-state index contributed by atoms with van der Waals surface area (Å²) < 4.78 is 19.7. The molecule has 0 amide bonds. The quantitative estimate of drug-likeness (QED) is 0.369. The predicted molar refractivity (Wildman–Crippen MR) is 138 cm³/mol. The van der Waals surface area contributed by atoms with E-state index in [9.17, 15) is 9.11 Å². The number of nitrogens with one attached hydrogen (secondary N) is 2. The maximum Gasteiger partial charge on any atom is 0.138 e. The van der Waals surface area contributed by atoms with Crippen molar-refractivity contribution in [2.75, 3.05) is 43.5 Å². The fourth-order valence-electron chi connectivity index (χ4n) is 4.93. The average molecular weight is 490 g/mol. The Kier molecular flexibility index (Phi) is 6.55. The Balaban J connectivity index is 1.37. The van der Waals surface area contributed by atoms with Crippen LogP contribution in [0.4, 0.5) is 5.82 Å². The van der Waals surface area contributed by atoms with E-state index in [4.69, 9.17) is 16.6 Å². The number of pyridine rings is 2. The van der Waals surface area contributed by atoms with Gasteiger partial charge in [0, 0.05) is 46.8 Å². The van der Waals surface area contributed by atoms with Crippen LogP contribution < -0.4 is 5.32 Å². The molecule has 7 nitrogen and oxygen atoms in total. The van der Waals surface area contributed by atoms with E-state index in [1.54, 1.807) is 0 Å². The summed E-state index contributed by atoms with van der Waals surface area (Å²) in [6.07, 6.45) is 5.75. The molecule has 3 aromatic heterocycles. The minimum Gasteiger partial charge on any atom is -0.370 e. The summed E-state index contributed by atoms with van der Waals surface area (Å²) in [7, 11) is -0.171. The third kappa shape index (κ3) is 5.15. The summed E-state index contributed by atoms with van der Waals surface area (Å²) in [5.41, 5.74) is 3.85. The number of halogens is 1. The third-order valence-corrected chi connectivity index (χ3v) is 9.17. The summed E-state index contributed by atoms with van der Waals surface area (Å²) in [5.74, 6) is 2.72. The second kappa shape index (κ2) is 9.43. The molecule has 9 heteroatoms. The Bertz CT molecular complexity index is 1120. The van der Waals surface area contributed by atoms with E-state index < -0.39 is 10.6 Å². The van der Waals surface area contributed by atoms with Crippen molar-refractivity contribution in [3.8, 4) is 11.3 Å². The van der Waals surface area contributed by atoms with Crippen molar-refractivity contribution in [1.82, 2.24) is 19.9 Å². The Labute approximate surface area is 201 Å². The standard InChI is InChI=1S/C24H32ClN5O2S/c1-30-10-5-17(6-11-30)21-14-19-18(4-9-26-24(19)28-21)23-20(25)2-3-22(29-23)27-15-16-7-12-33(31,32)13-8-16/h2-4,9,14,16-17,31-32H,5-8,10-13,15H2,1H3,(H,26,28)(H,27,29). The van der Waals surface area contributed by atoms with Gasteiger partial charge in [0.15, 0.2) is 0 Å². The summed E-state index contributed by atoms with van der Waals surface area (Å²) in [4.78, 5) is 15.3. The molecule has 33 heavy (non-hydrogen) atoms. The van der Waals surface area contributed by atoms with Gasteiger partial charge in [0.2, 0.25) is 0 Å². The minimum absolute atomic E-state index is 0.417. The summed E-state index contributed by atoms with van der Waals surface area (Å²) in [6, 6.07) is 8.01. The van der Waals surface area contributed by atoms with Crippen molar-refractivity contribution in [2.45, 2.75) is 31.6 Å². The first-order valence-corrected chi connectivity index (χ1v) is 13.9. The Morgan fingerprint density at radius 1 is 1.15 bits per heavy atom. The van der Waals surface area contributed by atoms with Crippen LogP contribution in [0.15, 0.2) is 30.5 Å². The van der Waals surface area contributed by atoms with Gasteiger partial charge < -0.3 is 15.2 Å². The topological polar surface area (TPSA) is 97.3 Å². The van der Waals surface area contributed by atoms with Crippen molar-refractivity contribution in [3.05, 3.63) is 41.2 Å². The van der Waals surface area contributed by atoms with E-state index in [1.165, 1.54) is 5.69 Å². The van der Waals surface area contributed by atoms with Crippen molar-refractivity contribution < 1.29 is 9.11 Å². The number of hydrogen-bond donors (Lipinski definition) is 4. The number of piperidine rings is 1. The molecule has 5 rings (SSSR count). The van der Waals surface area contributed by atoms with Crippen LogP contribution in [0.25, 0.3) is 22.3 Å². The maximum atomic E-state index is 9.84. The molecular formula is C24H32ClN5O2S. The highest BCUT2D eigenvalue weighted by molar-refractivity contribution is 8.24. The number of H-pyrrole nitrogens is 1. The van der Waals surface area contributed by atoms with Gasteiger partial charge in [0.1, 0.15) is 11.5 Å². The number of nitrogens with zero attached hydrogens (tertiary/aromatic N) is 3.